The monoisotopic (exact) mass is 393 g/mol. The Hall–Kier alpha value is -0.240. The van der Waals surface area contributed by atoms with Crippen molar-refractivity contribution in [3.8, 4) is 5.75 Å². The Balaban J connectivity index is 2.36. The first-order valence-corrected chi connectivity index (χ1v) is 9.96. The second-order valence-corrected chi connectivity index (χ2v) is 10.2. The highest BCUT2D eigenvalue weighted by atomic mass is 79.9. The highest BCUT2D eigenvalue weighted by Crippen LogP contribution is 2.35. The molecule has 0 saturated carbocycles. The Morgan fingerprint density at radius 1 is 1.33 bits per heavy atom. The van der Waals surface area contributed by atoms with Gasteiger partial charge in [0, 0.05) is 28.1 Å². The molecule has 1 aromatic carbocycles. The second-order valence-electron chi connectivity index (χ2n) is 5.56. The van der Waals surface area contributed by atoms with Crippen LogP contribution in [0, 0.1) is 0 Å². The van der Waals surface area contributed by atoms with Crippen molar-refractivity contribution in [1.82, 2.24) is 4.31 Å². The standard InChI is InChI=1S/C14H20BrNO3S2/c1-14(2)6-7-16(8-9-20-14)21(17,18)13-10-11(15)4-5-12(13)19-3/h4-5,10H,6-9H2,1-3H3. The molecule has 1 saturated heterocycles. The molecule has 1 heterocycles. The first-order chi connectivity index (χ1) is 9.76. The number of thioether (sulfide) groups is 1. The summed E-state index contributed by atoms with van der Waals surface area (Å²) in [4.78, 5) is 0.226. The van der Waals surface area contributed by atoms with Gasteiger partial charge >= 0.3 is 0 Å². The number of hydrogen-bond donors (Lipinski definition) is 0. The zero-order chi connectivity index (χ0) is 15.7. The minimum Gasteiger partial charge on any atom is -0.495 e. The van der Waals surface area contributed by atoms with Crippen LogP contribution in [0.2, 0.25) is 0 Å². The van der Waals surface area contributed by atoms with E-state index in [9.17, 15) is 8.42 Å². The summed E-state index contributed by atoms with van der Waals surface area (Å²) >= 11 is 5.16. The van der Waals surface area contributed by atoms with Crippen LogP contribution >= 0.6 is 27.7 Å². The van der Waals surface area contributed by atoms with Crippen LogP contribution < -0.4 is 4.74 Å². The Kier molecular flexibility index (Phi) is 5.28. The lowest BCUT2D eigenvalue weighted by Gasteiger charge is -2.23. The van der Waals surface area contributed by atoms with Crippen molar-refractivity contribution in [2.45, 2.75) is 29.9 Å². The largest absolute Gasteiger partial charge is 0.495 e. The van der Waals surface area contributed by atoms with E-state index in [2.05, 4.69) is 29.8 Å². The molecule has 0 aliphatic carbocycles. The molecule has 118 valence electrons. The number of benzene rings is 1. The Morgan fingerprint density at radius 2 is 2.05 bits per heavy atom. The first kappa shape index (κ1) is 17.1. The Morgan fingerprint density at radius 3 is 2.71 bits per heavy atom. The minimum atomic E-state index is -3.54. The number of methoxy groups -OCH3 is 1. The third-order valence-corrected chi connectivity index (χ3v) is 7.33. The average Bonchev–Trinajstić information content (AvgIpc) is 2.60. The molecule has 0 aromatic heterocycles. The van der Waals surface area contributed by atoms with Crippen molar-refractivity contribution in [1.29, 1.82) is 0 Å². The van der Waals surface area contributed by atoms with Crippen molar-refractivity contribution >= 4 is 37.7 Å². The lowest BCUT2D eigenvalue weighted by molar-refractivity contribution is 0.390. The second kappa shape index (κ2) is 6.48. The number of ether oxygens (including phenoxy) is 1. The number of rotatable bonds is 3. The van der Waals surface area contributed by atoms with Gasteiger partial charge in [0.05, 0.1) is 7.11 Å². The van der Waals surface area contributed by atoms with E-state index in [0.29, 0.717) is 18.8 Å². The van der Waals surface area contributed by atoms with Gasteiger partial charge in [0.1, 0.15) is 10.6 Å². The fraction of sp³-hybridized carbons (Fsp3) is 0.571. The number of sulfonamides is 1. The summed E-state index contributed by atoms with van der Waals surface area (Å²) in [6.45, 7) is 5.39. The van der Waals surface area contributed by atoms with Crippen LogP contribution in [0.4, 0.5) is 0 Å². The normalized spacial score (nSPS) is 20.0. The molecule has 0 unspecified atom stereocenters. The Bertz CT molecular complexity index is 617. The molecule has 0 atom stereocenters. The minimum absolute atomic E-state index is 0.117. The molecule has 0 N–H and O–H groups in total. The van der Waals surface area contributed by atoms with Crippen LogP contribution in [0.3, 0.4) is 0 Å². The fourth-order valence-corrected chi connectivity index (χ4v) is 5.58. The summed E-state index contributed by atoms with van der Waals surface area (Å²) in [6, 6.07) is 5.06. The molecule has 7 heteroatoms. The molecule has 1 aliphatic rings. The quantitative estimate of drug-likeness (QED) is 0.789. The van der Waals surface area contributed by atoms with Gasteiger partial charge in [0.2, 0.25) is 10.0 Å². The molecule has 4 nitrogen and oxygen atoms in total. The number of nitrogens with zero attached hydrogens (tertiary/aromatic N) is 1. The van der Waals surface area contributed by atoms with Gasteiger partial charge in [-0.1, -0.05) is 29.8 Å². The van der Waals surface area contributed by atoms with Crippen LogP contribution in [-0.4, -0.2) is 43.4 Å². The van der Waals surface area contributed by atoms with Crippen LogP contribution in [0.1, 0.15) is 20.3 Å². The van der Waals surface area contributed by atoms with E-state index in [1.165, 1.54) is 7.11 Å². The molecule has 0 spiro atoms. The van der Waals surface area contributed by atoms with Crippen molar-refractivity contribution in [2.24, 2.45) is 0 Å². The molecule has 1 fully saturated rings. The zero-order valence-corrected chi connectivity index (χ0v) is 15.6. The topological polar surface area (TPSA) is 46.6 Å². The van der Waals surface area contributed by atoms with Gasteiger partial charge in [-0.3, -0.25) is 0 Å². The van der Waals surface area contributed by atoms with Gasteiger partial charge in [0.15, 0.2) is 0 Å². The highest BCUT2D eigenvalue weighted by molar-refractivity contribution is 9.10. The summed E-state index contributed by atoms with van der Waals surface area (Å²) in [5.74, 6) is 1.19. The molecule has 1 aliphatic heterocycles. The van der Waals surface area contributed by atoms with E-state index < -0.39 is 10.0 Å². The smallest absolute Gasteiger partial charge is 0.246 e. The van der Waals surface area contributed by atoms with Crippen molar-refractivity contribution in [2.75, 3.05) is 26.0 Å². The van der Waals surface area contributed by atoms with Gasteiger partial charge in [0.25, 0.3) is 0 Å². The number of hydrogen-bond acceptors (Lipinski definition) is 4. The van der Waals surface area contributed by atoms with Crippen LogP contribution in [0.25, 0.3) is 0 Å². The highest BCUT2D eigenvalue weighted by Gasteiger charge is 2.32. The van der Waals surface area contributed by atoms with Gasteiger partial charge < -0.3 is 4.74 Å². The van der Waals surface area contributed by atoms with Crippen LogP contribution in [0.5, 0.6) is 5.75 Å². The predicted molar refractivity (Wildman–Crippen MR) is 90.6 cm³/mol. The molecule has 0 radical (unpaired) electrons. The molecular formula is C14H20BrNO3S2. The third kappa shape index (κ3) is 3.94. The maximum atomic E-state index is 12.9. The molecular weight excluding hydrogens is 374 g/mol. The van der Waals surface area contributed by atoms with Crippen LogP contribution in [-0.2, 0) is 10.0 Å². The number of halogens is 1. The van der Waals surface area contributed by atoms with Gasteiger partial charge in [-0.05, 0) is 24.6 Å². The maximum Gasteiger partial charge on any atom is 0.246 e. The summed E-state index contributed by atoms with van der Waals surface area (Å²) < 4.78 is 33.4. The van der Waals surface area contributed by atoms with E-state index in [1.54, 1.807) is 22.5 Å². The van der Waals surface area contributed by atoms with E-state index in [0.717, 1.165) is 16.6 Å². The maximum absolute atomic E-state index is 12.9. The molecule has 2 rings (SSSR count). The lowest BCUT2D eigenvalue weighted by atomic mass is 10.1. The average molecular weight is 394 g/mol. The van der Waals surface area contributed by atoms with E-state index in [4.69, 9.17) is 4.74 Å². The van der Waals surface area contributed by atoms with Crippen molar-refractivity contribution in [3.63, 3.8) is 0 Å². The molecule has 1 aromatic rings. The van der Waals surface area contributed by atoms with E-state index >= 15 is 0 Å². The Labute approximate surface area is 139 Å². The third-order valence-electron chi connectivity index (χ3n) is 3.54. The van der Waals surface area contributed by atoms with Crippen LogP contribution in [0.15, 0.2) is 27.6 Å². The van der Waals surface area contributed by atoms with Gasteiger partial charge in [-0.2, -0.15) is 16.1 Å². The summed E-state index contributed by atoms with van der Waals surface area (Å²) in [7, 11) is -2.05. The van der Waals surface area contributed by atoms with E-state index in [-0.39, 0.29) is 9.64 Å². The van der Waals surface area contributed by atoms with Crippen molar-refractivity contribution in [3.05, 3.63) is 22.7 Å². The summed E-state index contributed by atoms with van der Waals surface area (Å²) in [5.41, 5.74) is 0. The molecule has 0 bridgehead atoms. The van der Waals surface area contributed by atoms with E-state index in [1.807, 2.05) is 11.8 Å². The molecule has 21 heavy (non-hydrogen) atoms. The van der Waals surface area contributed by atoms with Gasteiger partial charge in [-0.15, -0.1) is 0 Å². The zero-order valence-electron chi connectivity index (χ0n) is 12.4. The fourth-order valence-electron chi connectivity index (χ4n) is 2.23. The lowest BCUT2D eigenvalue weighted by Crippen LogP contribution is -2.34. The molecule has 0 amide bonds. The summed E-state index contributed by atoms with van der Waals surface area (Å²) in [6.07, 6.45) is 0.840. The SMILES string of the molecule is COc1ccc(Br)cc1S(=O)(=O)N1CCSC(C)(C)CC1. The first-order valence-electron chi connectivity index (χ1n) is 6.74. The van der Waals surface area contributed by atoms with Gasteiger partial charge in [-0.25, -0.2) is 8.42 Å². The van der Waals surface area contributed by atoms with Crippen molar-refractivity contribution < 1.29 is 13.2 Å². The predicted octanol–water partition coefficient (Wildman–Crippen LogP) is 3.36. The summed E-state index contributed by atoms with van der Waals surface area (Å²) in [5, 5.41) is 0.